The number of aryl methyl sites for hydroxylation is 1. The summed E-state index contributed by atoms with van der Waals surface area (Å²) in [6.07, 6.45) is -0.267. The maximum atomic E-state index is 11.7. The van der Waals surface area contributed by atoms with Crippen molar-refractivity contribution in [3.05, 3.63) is 35.4 Å². The number of carboxylic acids is 1. The Bertz CT molecular complexity index is 522. The van der Waals surface area contributed by atoms with Crippen LogP contribution in [0.4, 0.5) is 4.79 Å². The molecule has 1 atom stereocenters. The molecular formula is C17H25NO4Se. The summed E-state index contributed by atoms with van der Waals surface area (Å²) < 4.78 is 5.10. The summed E-state index contributed by atoms with van der Waals surface area (Å²) in [7, 11) is 0. The third-order valence-electron chi connectivity index (χ3n) is 2.93. The van der Waals surface area contributed by atoms with E-state index in [-0.39, 0.29) is 0 Å². The SMILES string of the molecule is Cc1ccc(C[Se]CC[C@H](NC(=O)OC(C)(C)C)C(=O)O)cc1. The van der Waals surface area contributed by atoms with E-state index in [1.165, 1.54) is 11.1 Å². The zero-order valence-electron chi connectivity index (χ0n) is 14.1. The fraction of sp³-hybridized carbons (Fsp3) is 0.529. The van der Waals surface area contributed by atoms with Gasteiger partial charge in [-0.15, -0.1) is 0 Å². The number of carbonyl (C=O) groups is 2. The molecule has 1 amide bonds. The monoisotopic (exact) mass is 387 g/mol. The van der Waals surface area contributed by atoms with Gasteiger partial charge in [-0.3, -0.25) is 0 Å². The predicted octanol–water partition coefficient (Wildman–Crippen LogP) is 2.99. The Kier molecular flexibility index (Phi) is 7.59. The molecule has 2 N–H and O–H groups in total. The molecule has 0 bridgehead atoms. The van der Waals surface area contributed by atoms with Crippen molar-refractivity contribution in [1.82, 2.24) is 5.32 Å². The first-order chi connectivity index (χ1) is 10.7. The van der Waals surface area contributed by atoms with E-state index in [1.54, 1.807) is 20.8 Å². The Morgan fingerprint density at radius 1 is 1.26 bits per heavy atom. The molecule has 1 aromatic carbocycles. The minimum absolute atomic E-state index is 0.304. The van der Waals surface area contributed by atoms with E-state index >= 15 is 0 Å². The summed E-state index contributed by atoms with van der Waals surface area (Å²) in [5.74, 6) is -1.03. The molecule has 0 saturated carbocycles. The Morgan fingerprint density at radius 2 is 1.87 bits per heavy atom. The second-order valence-corrected chi connectivity index (χ2v) is 8.68. The number of ether oxygens (including phenoxy) is 1. The fourth-order valence-corrected chi connectivity index (χ4v) is 3.83. The number of aliphatic carboxylic acids is 1. The molecule has 1 rings (SSSR count). The summed E-state index contributed by atoms with van der Waals surface area (Å²) in [6.45, 7) is 7.28. The summed E-state index contributed by atoms with van der Waals surface area (Å²) in [5, 5.41) is 13.4. The van der Waals surface area contributed by atoms with Crippen molar-refractivity contribution in [2.24, 2.45) is 0 Å². The Balaban J connectivity index is 2.37. The van der Waals surface area contributed by atoms with Crippen LogP contribution < -0.4 is 5.32 Å². The molecule has 5 nitrogen and oxygen atoms in total. The average Bonchev–Trinajstić information content (AvgIpc) is 2.42. The normalized spacial score (nSPS) is 12.5. The van der Waals surface area contributed by atoms with Crippen LogP contribution in [0, 0.1) is 6.92 Å². The maximum absolute atomic E-state index is 11.7. The van der Waals surface area contributed by atoms with Crippen LogP contribution in [-0.2, 0) is 14.9 Å². The molecule has 23 heavy (non-hydrogen) atoms. The molecule has 0 spiro atoms. The third-order valence-corrected chi connectivity index (χ3v) is 5.16. The Morgan fingerprint density at radius 3 is 2.39 bits per heavy atom. The minimum atomic E-state index is -1.03. The summed E-state index contributed by atoms with van der Waals surface area (Å²) in [6, 6.07) is 7.46. The zero-order chi connectivity index (χ0) is 17.5. The van der Waals surface area contributed by atoms with Crippen molar-refractivity contribution in [2.45, 2.75) is 56.4 Å². The molecule has 1 aromatic rings. The van der Waals surface area contributed by atoms with Gasteiger partial charge in [0.05, 0.1) is 0 Å². The van der Waals surface area contributed by atoms with Crippen molar-refractivity contribution >= 4 is 27.0 Å². The molecule has 0 aromatic heterocycles. The summed E-state index contributed by atoms with van der Waals surface area (Å²) >= 11 is 0.304. The van der Waals surface area contributed by atoms with Crippen LogP contribution in [0.25, 0.3) is 0 Å². The summed E-state index contributed by atoms with van der Waals surface area (Å²) in [5.41, 5.74) is 1.86. The van der Waals surface area contributed by atoms with Crippen molar-refractivity contribution in [3.8, 4) is 0 Å². The van der Waals surface area contributed by atoms with Gasteiger partial charge in [-0.05, 0) is 0 Å². The van der Waals surface area contributed by atoms with Gasteiger partial charge >= 0.3 is 144 Å². The topological polar surface area (TPSA) is 75.6 Å². The molecule has 0 unspecified atom stereocenters. The number of carboxylic acid groups (broad SMARTS) is 1. The van der Waals surface area contributed by atoms with Crippen LogP contribution in [0.15, 0.2) is 24.3 Å². The molecular weight excluding hydrogens is 361 g/mol. The van der Waals surface area contributed by atoms with Gasteiger partial charge in [-0.1, -0.05) is 0 Å². The standard InChI is InChI=1S/C17H25NO4Se/c1-12-5-7-13(8-6-12)11-23-10-9-14(15(19)20)18-16(21)22-17(2,3)4/h5-8,14H,9-11H2,1-4H3,(H,18,21)(H,19,20)/t14-/m0/s1. The van der Waals surface area contributed by atoms with Gasteiger partial charge in [-0.2, -0.15) is 0 Å². The molecule has 0 aliphatic rings. The third kappa shape index (κ3) is 8.62. The molecule has 6 heteroatoms. The summed E-state index contributed by atoms with van der Waals surface area (Å²) in [4.78, 5) is 22.9. The van der Waals surface area contributed by atoms with E-state index in [2.05, 4.69) is 36.5 Å². The van der Waals surface area contributed by atoms with Gasteiger partial charge in [0.1, 0.15) is 0 Å². The van der Waals surface area contributed by atoms with Crippen LogP contribution >= 0.6 is 0 Å². The molecule has 0 heterocycles. The van der Waals surface area contributed by atoms with Gasteiger partial charge < -0.3 is 0 Å². The van der Waals surface area contributed by atoms with E-state index in [1.807, 2.05) is 0 Å². The van der Waals surface area contributed by atoms with Crippen LogP contribution in [0.2, 0.25) is 5.32 Å². The van der Waals surface area contributed by atoms with Gasteiger partial charge in [-0.25, -0.2) is 0 Å². The molecule has 0 fully saturated rings. The van der Waals surface area contributed by atoms with E-state index in [0.717, 1.165) is 10.6 Å². The van der Waals surface area contributed by atoms with E-state index in [0.29, 0.717) is 21.4 Å². The van der Waals surface area contributed by atoms with Crippen molar-refractivity contribution in [3.63, 3.8) is 0 Å². The molecule has 0 saturated heterocycles. The van der Waals surface area contributed by atoms with Crippen molar-refractivity contribution in [2.75, 3.05) is 0 Å². The number of carbonyl (C=O) groups excluding carboxylic acids is 1. The van der Waals surface area contributed by atoms with E-state index < -0.39 is 23.7 Å². The number of amides is 1. The van der Waals surface area contributed by atoms with Gasteiger partial charge in [0.2, 0.25) is 0 Å². The number of hydrogen-bond donors (Lipinski definition) is 2. The zero-order valence-corrected chi connectivity index (χ0v) is 15.8. The Labute approximate surface area is 144 Å². The van der Waals surface area contributed by atoms with Gasteiger partial charge in [0.25, 0.3) is 0 Å². The first-order valence-electron chi connectivity index (χ1n) is 7.53. The number of benzene rings is 1. The van der Waals surface area contributed by atoms with Crippen LogP contribution in [0.5, 0.6) is 0 Å². The second kappa shape index (κ2) is 8.94. The predicted molar refractivity (Wildman–Crippen MR) is 90.9 cm³/mol. The second-order valence-electron chi connectivity index (χ2n) is 6.36. The Hall–Kier alpha value is -1.52. The molecule has 0 aliphatic carbocycles. The first kappa shape index (κ1) is 19.5. The van der Waals surface area contributed by atoms with E-state index in [9.17, 15) is 14.7 Å². The fourth-order valence-electron chi connectivity index (χ4n) is 1.78. The van der Waals surface area contributed by atoms with Crippen molar-refractivity contribution < 1.29 is 19.4 Å². The molecule has 128 valence electrons. The molecule has 0 radical (unpaired) electrons. The molecule has 0 aliphatic heterocycles. The number of hydrogen-bond acceptors (Lipinski definition) is 3. The van der Waals surface area contributed by atoms with Gasteiger partial charge in [0, 0.05) is 0 Å². The number of nitrogens with one attached hydrogen (secondary N) is 1. The quantitative estimate of drug-likeness (QED) is 0.558. The van der Waals surface area contributed by atoms with E-state index in [4.69, 9.17) is 4.74 Å². The van der Waals surface area contributed by atoms with Crippen molar-refractivity contribution in [1.29, 1.82) is 0 Å². The average molecular weight is 386 g/mol. The number of alkyl carbamates (subject to hydrolysis) is 1. The van der Waals surface area contributed by atoms with Crippen LogP contribution in [0.1, 0.15) is 38.3 Å². The van der Waals surface area contributed by atoms with Crippen LogP contribution in [0.3, 0.4) is 0 Å². The first-order valence-corrected chi connectivity index (χ1v) is 9.95. The van der Waals surface area contributed by atoms with Crippen LogP contribution in [-0.4, -0.2) is 43.8 Å². The van der Waals surface area contributed by atoms with Gasteiger partial charge in [0.15, 0.2) is 0 Å². The number of rotatable bonds is 7.